The van der Waals surface area contributed by atoms with Crippen LogP contribution in [0.15, 0.2) is 46.9 Å². The van der Waals surface area contributed by atoms with Gasteiger partial charge in [-0.3, -0.25) is 4.79 Å². The van der Waals surface area contributed by atoms with Gasteiger partial charge in [0.05, 0.1) is 26.5 Å². The smallest absolute Gasteiger partial charge is 0.374 e. The fraction of sp³-hybridized carbons (Fsp3) is 0.375. The van der Waals surface area contributed by atoms with Crippen molar-refractivity contribution in [1.29, 1.82) is 0 Å². The van der Waals surface area contributed by atoms with Crippen LogP contribution in [0.4, 0.5) is 17.3 Å². The van der Waals surface area contributed by atoms with Crippen LogP contribution < -0.4 is 9.47 Å². The van der Waals surface area contributed by atoms with Crippen molar-refractivity contribution in [3.05, 3.63) is 36.7 Å². The minimum atomic E-state index is 0.156. The van der Waals surface area contributed by atoms with Gasteiger partial charge < -0.3 is 4.90 Å². The van der Waals surface area contributed by atoms with Gasteiger partial charge in [-0.05, 0) is 24.3 Å². The zero-order valence-corrected chi connectivity index (χ0v) is 14.7. The lowest BCUT2D eigenvalue weighted by atomic mass is 10.2. The number of azo groups is 1. The number of aromatic nitrogens is 2. The monoisotopic (exact) mass is 332 g/mol. The molecular weight excluding hydrogens is 310 g/mol. The Morgan fingerprint density at radius 1 is 1.30 bits per heavy atom. The highest BCUT2D eigenvalue weighted by atomic mass is 32.2. The predicted molar refractivity (Wildman–Crippen MR) is 93.6 cm³/mol. The van der Waals surface area contributed by atoms with Gasteiger partial charge in [0.2, 0.25) is 0 Å². The summed E-state index contributed by atoms with van der Waals surface area (Å²) in [4.78, 5) is 13.1. The van der Waals surface area contributed by atoms with Crippen molar-refractivity contribution in [3.63, 3.8) is 0 Å². The van der Waals surface area contributed by atoms with Crippen LogP contribution in [0.3, 0.4) is 0 Å². The van der Waals surface area contributed by atoms with Crippen molar-refractivity contribution in [2.75, 3.05) is 24.2 Å². The van der Waals surface area contributed by atoms with Crippen LogP contribution >= 0.6 is 11.8 Å². The maximum absolute atomic E-state index is 10.9. The summed E-state index contributed by atoms with van der Waals surface area (Å²) < 4.78 is 3.83. The fourth-order valence-corrected chi connectivity index (χ4v) is 2.71. The summed E-state index contributed by atoms with van der Waals surface area (Å²) in [5, 5.41) is 8.70. The Morgan fingerprint density at radius 2 is 2.00 bits per heavy atom. The van der Waals surface area contributed by atoms with E-state index in [1.807, 2.05) is 66.9 Å². The molecule has 0 spiro atoms. The number of hydrogen-bond donors (Lipinski definition) is 0. The molecule has 1 aromatic heterocycles. The number of benzene rings is 1. The van der Waals surface area contributed by atoms with Crippen molar-refractivity contribution in [2.45, 2.75) is 6.92 Å². The minimum absolute atomic E-state index is 0.156. The third-order valence-electron chi connectivity index (χ3n) is 3.42. The van der Waals surface area contributed by atoms with Crippen molar-refractivity contribution in [3.8, 4) is 0 Å². The Hall–Kier alpha value is -2.15. The molecule has 0 radical (unpaired) electrons. The molecule has 2 aromatic rings. The third kappa shape index (κ3) is 4.92. The second kappa shape index (κ2) is 7.92. The quantitative estimate of drug-likeness (QED) is 0.603. The van der Waals surface area contributed by atoms with Gasteiger partial charge in [-0.2, -0.15) is 0 Å². The van der Waals surface area contributed by atoms with E-state index < -0.39 is 0 Å². The van der Waals surface area contributed by atoms with Crippen LogP contribution in [-0.4, -0.2) is 29.0 Å². The first-order valence-electron chi connectivity index (χ1n) is 7.34. The Kier molecular flexibility index (Phi) is 5.92. The Labute approximate surface area is 140 Å². The molecule has 0 atom stereocenters. The van der Waals surface area contributed by atoms with Gasteiger partial charge in [0, 0.05) is 37.1 Å². The maximum Gasteiger partial charge on any atom is 0.421 e. The summed E-state index contributed by atoms with van der Waals surface area (Å²) in [7, 11) is 5.89. The van der Waals surface area contributed by atoms with Gasteiger partial charge in [0.1, 0.15) is 5.69 Å². The number of anilines is 1. The minimum Gasteiger partial charge on any atom is -0.374 e. The molecule has 0 saturated heterocycles. The van der Waals surface area contributed by atoms with Gasteiger partial charge >= 0.3 is 5.95 Å². The van der Waals surface area contributed by atoms with E-state index >= 15 is 0 Å². The zero-order chi connectivity index (χ0) is 16.8. The lowest BCUT2D eigenvalue weighted by Crippen LogP contribution is -2.25. The average molecular weight is 332 g/mol. The van der Waals surface area contributed by atoms with E-state index in [4.69, 9.17) is 0 Å². The average Bonchev–Trinajstić information content (AvgIpc) is 2.84. The summed E-state index contributed by atoms with van der Waals surface area (Å²) >= 11 is 1.35. The van der Waals surface area contributed by atoms with E-state index in [1.54, 1.807) is 6.92 Å². The lowest BCUT2D eigenvalue weighted by molar-refractivity contribution is -0.657. The summed E-state index contributed by atoms with van der Waals surface area (Å²) in [6.07, 6.45) is 3.87. The second-order valence-electron chi connectivity index (χ2n) is 5.30. The molecule has 0 bridgehead atoms. The zero-order valence-electron chi connectivity index (χ0n) is 13.9. The molecule has 0 aliphatic carbocycles. The van der Waals surface area contributed by atoms with E-state index in [0.717, 1.165) is 29.6 Å². The summed E-state index contributed by atoms with van der Waals surface area (Å²) in [6, 6.07) is 7.91. The highest BCUT2D eigenvalue weighted by Gasteiger charge is 2.10. The van der Waals surface area contributed by atoms with Crippen LogP contribution in [0.1, 0.15) is 6.92 Å². The topological polar surface area (TPSA) is 53.8 Å². The number of carbonyl (C=O) groups excluding carboxylic acids is 1. The van der Waals surface area contributed by atoms with Gasteiger partial charge in [0.25, 0.3) is 0 Å². The molecule has 122 valence electrons. The molecule has 0 unspecified atom stereocenters. The van der Waals surface area contributed by atoms with E-state index in [-0.39, 0.29) is 5.12 Å². The number of hydrogen-bond acceptors (Lipinski definition) is 5. The predicted octanol–water partition coefficient (Wildman–Crippen LogP) is 2.98. The van der Waals surface area contributed by atoms with Crippen molar-refractivity contribution < 1.29 is 9.36 Å². The molecule has 2 rings (SSSR count). The normalized spacial score (nSPS) is 11.1. The van der Waals surface area contributed by atoms with E-state index in [9.17, 15) is 4.79 Å². The van der Waals surface area contributed by atoms with Crippen LogP contribution in [0.25, 0.3) is 0 Å². The van der Waals surface area contributed by atoms with Crippen LogP contribution in [0, 0.1) is 0 Å². The standard InChI is InChI=1S/C16H22N5OS/c1-13(22)23-12-11-19(2)15-7-5-14(6-8-15)17-18-16-20(3)9-10-21(16)4/h5-10H,11-12H2,1-4H3/q+1. The maximum atomic E-state index is 10.9. The van der Waals surface area contributed by atoms with Gasteiger partial charge in [-0.25, -0.2) is 9.13 Å². The SMILES string of the molecule is CC(=O)SCCN(C)c1ccc(/N=N/c2n(C)cc[n+]2C)cc1. The molecule has 6 nitrogen and oxygen atoms in total. The number of rotatable bonds is 6. The fourth-order valence-electron chi connectivity index (χ4n) is 2.05. The highest BCUT2D eigenvalue weighted by molar-refractivity contribution is 8.13. The number of imidazole rings is 1. The molecule has 0 fully saturated rings. The summed E-state index contributed by atoms with van der Waals surface area (Å²) in [6.45, 7) is 2.42. The summed E-state index contributed by atoms with van der Waals surface area (Å²) in [5.74, 6) is 1.57. The van der Waals surface area contributed by atoms with Crippen LogP contribution in [0.5, 0.6) is 0 Å². The molecule has 1 heterocycles. The largest absolute Gasteiger partial charge is 0.421 e. The van der Waals surface area contributed by atoms with Crippen LogP contribution in [-0.2, 0) is 18.9 Å². The Balaban J connectivity index is 1.98. The third-order valence-corrected chi connectivity index (χ3v) is 4.22. The van der Waals surface area contributed by atoms with Crippen molar-refractivity contribution in [2.24, 2.45) is 24.3 Å². The molecule has 0 amide bonds. The van der Waals surface area contributed by atoms with Gasteiger partial charge in [-0.15, -0.1) is 0 Å². The van der Waals surface area contributed by atoms with E-state index in [2.05, 4.69) is 15.1 Å². The summed E-state index contributed by atoms with van der Waals surface area (Å²) in [5.41, 5.74) is 1.90. The first-order valence-corrected chi connectivity index (χ1v) is 8.33. The van der Waals surface area contributed by atoms with Crippen LogP contribution in [0.2, 0.25) is 0 Å². The van der Waals surface area contributed by atoms with Gasteiger partial charge in [0.15, 0.2) is 5.12 Å². The molecule has 0 N–H and O–H groups in total. The number of aryl methyl sites for hydroxylation is 2. The van der Waals surface area contributed by atoms with Gasteiger partial charge in [-0.1, -0.05) is 16.9 Å². The molecule has 1 aromatic carbocycles. The Morgan fingerprint density at radius 3 is 2.57 bits per heavy atom. The molecule has 0 aliphatic rings. The van der Waals surface area contributed by atoms with Crippen molar-refractivity contribution in [1.82, 2.24) is 4.57 Å². The highest BCUT2D eigenvalue weighted by Crippen LogP contribution is 2.21. The lowest BCUT2D eigenvalue weighted by Gasteiger charge is -2.18. The molecule has 7 heteroatoms. The molecule has 23 heavy (non-hydrogen) atoms. The Bertz CT molecular complexity index is 673. The number of nitrogens with zero attached hydrogens (tertiary/aromatic N) is 5. The first-order chi connectivity index (χ1) is 11.0. The molecule has 0 saturated carbocycles. The van der Waals surface area contributed by atoms with E-state index in [0.29, 0.717) is 0 Å². The number of carbonyl (C=O) groups is 1. The van der Waals surface area contributed by atoms with E-state index in [1.165, 1.54) is 11.8 Å². The number of thioether (sulfide) groups is 1. The molecule has 0 aliphatic heterocycles. The second-order valence-corrected chi connectivity index (χ2v) is 6.57. The molecular formula is C16H22N5OS+. The van der Waals surface area contributed by atoms with Crippen molar-refractivity contribution >= 4 is 34.2 Å². The first kappa shape index (κ1) is 17.2.